The molecule has 0 fully saturated rings. The highest BCUT2D eigenvalue weighted by atomic mass is 32.1. The van der Waals surface area contributed by atoms with Crippen LogP contribution in [0.2, 0.25) is 0 Å². The molecule has 106 valence electrons. The number of nitrogen functional groups attached to an aromatic ring is 1. The maximum atomic E-state index is 5.66. The Morgan fingerprint density at radius 2 is 1.90 bits per heavy atom. The first-order valence-electron chi connectivity index (χ1n) is 6.52. The minimum atomic E-state index is 0.728. The summed E-state index contributed by atoms with van der Waals surface area (Å²) in [6.07, 6.45) is 3.61. The number of nitrogens with zero attached hydrogens (tertiary/aromatic N) is 2. The SMILES string of the molecule is Nc1ccc(NCc2cnc(Nc3ccccn3)s2)cc1. The number of hydrogen-bond donors (Lipinski definition) is 3. The van der Waals surface area contributed by atoms with E-state index in [0.29, 0.717) is 0 Å². The molecule has 0 aliphatic carbocycles. The molecular formula is C15H15N5S. The minimum absolute atomic E-state index is 0.728. The molecular weight excluding hydrogens is 282 g/mol. The standard InChI is InChI=1S/C15H15N5S/c16-11-4-6-12(7-5-11)18-9-13-10-19-15(21-13)20-14-3-1-2-8-17-14/h1-8,10,18H,9,16H2,(H,17,19,20). The number of nitrogens with two attached hydrogens (primary N) is 1. The fraction of sp³-hybridized carbons (Fsp3) is 0.0667. The second-order valence-corrected chi connectivity index (χ2v) is 5.56. The monoisotopic (exact) mass is 297 g/mol. The summed E-state index contributed by atoms with van der Waals surface area (Å²) in [4.78, 5) is 9.70. The molecule has 0 aliphatic rings. The van der Waals surface area contributed by atoms with Gasteiger partial charge in [0, 0.05) is 28.6 Å². The molecule has 4 N–H and O–H groups in total. The van der Waals surface area contributed by atoms with Gasteiger partial charge in [-0.15, -0.1) is 0 Å². The van der Waals surface area contributed by atoms with Crippen molar-refractivity contribution in [1.29, 1.82) is 0 Å². The first kappa shape index (κ1) is 13.4. The molecule has 0 spiro atoms. The Kier molecular flexibility index (Phi) is 3.97. The summed E-state index contributed by atoms with van der Waals surface area (Å²) in [7, 11) is 0. The Morgan fingerprint density at radius 3 is 2.67 bits per heavy atom. The molecule has 0 amide bonds. The Hall–Kier alpha value is -2.60. The summed E-state index contributed by atoms with van der Waals surface area (Å²) in [6, 6.07) is 13.4. The molecule has 0 aliphatic heterocycles. The Bertz CT molecular complexity index is 694. The number of hydrogen-bond acceptors (Lipinski definition) is 6. The van der Waals surface area contributed by atoms with Crippen LogP contribution in [-0.4, -0.2) is 9.97 Å². The van der Waals surface area contributed by atoms with Crippen LogP contribution in [-0.2, 0) is 6.54 Å². The third kappa shape index (κ3) is 3.70. The van der Waals surface area contributed by atoms with Gasteiger partial charge in [0.15, 0.2) is 5.13 Å². The second-order valence-electron chi connectivity index (χ2n) is 4.45. The van der Waals surface area contributed by atoms with Crippen molar-refractivity contribution < 1.29 is 0 Å². The molecule has 5 nitrogen and oxygen atoms in total. The lowest BCUT2D eigenvalue weighted by Gasteiger charge is -2.04. The highest BCUT2D eigenvalue weighted by Crippen LogP contribution is 2.22. The number of benzene rings is 1. The van der Waals surface area contributed by atoms with E-state index in [1.807, 2.05) is 48.7 Å². The lowest BCUT2D eigenvalue weighted by Crippen LogP contribution is -1.97. The molecule has 0 atom stereocenters. The molecule has 0 saturated heterocycles. The molecule has 2 aromatic heterocycles. The number of nitrogens with one attached hydrogen (secondary N) is 2. The summed E-state index contributed by atoms with van der Waals surface area (Å²) >= 11 is 1.60. The summed E-state index contributed by atoms with van der Waals surface area (Å²) < 4.78 is 0. The quantitative estimate of drug-likeness (QED) is 0.629. The zero-order valence-electron chi connectivity index (χ0n) is 11.3. The van der Waals surface area contributed by atoms with Crippen LogP contribution in [0, 0.1) is 0 Å². The van der Waals surface area contributed by atoms with Crippen LogP contribution in [0.15, 0.2) is 54.9 Å². The first-order chi connectivity index (χ1) is 10.3. The minimum Gasteiger partial charge on any atom is -0.399 e. The van der Waals surface area contributed by atoms with Gasteiger partial charge in [0.05, 0.1) is 6.54 Å². The van der Waals surface area contributed by atoms with Gasteiger partial charge in [-0.05, 0) is 36.4 Å². The average Bonchev–Trinajstić information content (AvgIpc) is 2.95. The maximum absolute atomic E-state index is 5.66. The van der Waals surface area contributed by atoms with Gasteiger partial charge in [-0.2, -0.15) is 0 Å². The molecule has 2 heterocycles. The van der Waals surface area contributed by atoms with E-state index in [4.69, 9.17) is 5.73 Å². The van der Waals surface area contributed by atoms with Gasteiger partial charge in [-0.25, -0.2) is 9.97 Å². The molecule has 0 saturated carbocycles. The Balaban J connectivity index is 1.59. The van der Waals surface area contributed by atoms with E-state index >= 15 is 0 Å². The topological polar surface area (TPSA) is 75.9 Å². The molecule has 3 rings (SSSR count). The Labute approximate surface area is 126 Å². The van der Waals surface area contributed by atoms with E-state index in [0.717, 1.165) is 33.7 Å². The molecule has 3 aromatic rings. The number of rotatable bonds is 5. The summed E-state index contributed by atoms with van der Waals surface area (Å²) in [5.74, 6) is 0.796. The fourth-order valence-corrected chi connectivity index (χ4v) is 2.54. The third-order valence-electron chi connectivity index (χ3n) is 2.83. The van der Waals surface area contributed by atoms with Crippen molar-refractivity contribution in [1.82, 2.24) is 9.97 Å². The second kappa shape index (κ2) is 6.23. The van der Waals surface area contributed by atoms with Gasteiger partial charge < -0.3 is 16.4 Å². The number of anilines is 4. The van der Waals surface area contributed by atoms with Gasteiger partial charge in [0.1, 0.15) is 5.82 Å². The average molecular weight is 297 g/mol. The van der Waals surface area contributed by atoms with Gasteiger partial charge in [0.2, 0.25) is 0 Å². The molecule has 6 heteroatoms. The lowest BCUT2D eigenvalue weighted by molar-refractivity contribution is 1.17. The molecule has 21 heavy (non-hydrogen) atoms. The zero-order valence-corrected chi connectivity index (χ0v) is 12.1. The van der Waals surface area contributed by atoms with Crippen LogP contribution < -0.4 is 16.4 Å². The largest absolute Gasteiger partial charge is 0.399 e. The number of thiazole rings is 1. The third-order valence-corrected chi connectivity index (χ3v) is 3.74. The van der Waals surface area contributed by atoms with Crippen molar-refractivity contribution in [3.8, 4) is 0 Å². The fourth-order valence-electron chi connectivity index (χ4n) is 1.78. The van der Waals surface area contributed by atoms with E-state index in [1.165, 1.54) is 0 Å². The predicted octanol–water partition coefficient (Wildman–Crippen LogP) is 3.48. The van der Waals surface area contributed by atoms with E-state index < -0.39 is 0 Å². The van der Waals surface area contributed by atoms with Crippen molar-refractivity contribution in [2.75, 3.05) is 16.4 Å². The van der Waals surface area contributed by atoms with Gasteiger partial charge in [-0.1, -0.05) is 17.4 Å². The number of pyridine rings is 1. The molecule has 0 unspecified atom stereocenters. The van der Waals surface area contributed by atoms with Crippen molar-refractivity contribution in [3.63, 3.8) is 0 Å². The smallest absolute Gasteiger partial charge is 0.188 e. The van der Waals surface area contributed by atoms with E-state index in [1.54, 1.807) is 17.5 Å². The van der Waals surface area contributed by atoms with Gasteiger partial charge >= 0.3 is 0 Å². The van der Waals surface area contributed by atoms with Crippen molar-refractivity contribution >= 4 is 33.7 Å². The summed E-state index contributed by atoms with van der Waals surface area (Å²) in [5.41, 5.74) is 7.46. The van der Waals surface area contributed by atoms with Crippen LogP contribution in [0.3, 0.4) is 0 Å². The summed E-state index contributed by atoms with van der Waals surface area (Å²) in [6.45, 7) is 0.728. The highest BCUT2D eigenvalue weighted by Gasteiger charge is 2.03. The molecule has 1 aromatic carbocycles. The number of aromatic nitrogens is 2. The van der Waals surface area contributed by atoms with Crippen LogP contribution >= 0.6 is 11.3 Å². The van der Waals surface area contributed by atoms with Gasteiger partial charge in [0.25, 0.3) is 0 Å². The predicted molar refractivity (Wildman–Crippen MR) is 87.8 cm³/mol. The zero-order chi connectivity index (χ0) is 14.5. The van der Waals surface area contributed by atoms with Crippen molar-refractivity contribution in [2.24, 2.45) is 0 Å². The Morgan fingerprint density at radius 1 is 1.05 bits per heavy atom. The normalized spacial score (nSPS) is 10.3. The molecule has 0 radical (unpaired) electrons. The van der Waals surface area contributed by atoms with Crippen LogP contribution in [0.5, 0.6) is 0 Å². The van der Waals surface area contributed by atoms with Crippen molar-refractivity contribution in [3.05, 3.63) is 59.7 Å². The summed E-state index contributed by atoms with van der Waals surface area (Å²) in [5, 5.41) is 7.35. The van der Waals surface area contributed by atoms with Crippen molar-refractivity contribution in [2.45, 2.75) is 6.54 Å². The van der Waals surface area contributed by atoms with E-state index in [2.05, 4.69) is 20.6 Å². The maximum Gasteiger partial charge on any atom is 0.188 e. The highest BCUT2D eigenvalue weighted by molar-refractivity contribution is 7.15. The van der Waals surface area contributed by atoms with E-state index in [9.17, 15) is 0 Å². The van der Waals surface area contributed by atoms with Gasteiger partial charge in [-0.3, -0.25) is 0 Å². The van der Waals surface area contributed by atoms with Crippen LogP contribution in [0.25, 0.3) is 0 Å². The molecule has 0 bridgehead atoms. The van der Waals surface area contributed by atoms with Crippen LogP contribution in [0.1, 0.15) is 4.88 Å². The lowest BCUT2D eigenvalue weighted by atomic mass is 10.3. The van der Waals surface area contributed by atoms with E-state index in [-0.39, 0.29) is 0 Å². The van der Waals surface area contributed by atoms with Crippen LogP contribution in [0.4, 0.5) is 22.3 Å². The first-order valence-corrected chi connectivity index (χ1v) is 7.33.